The Bertz CT molecular complexity index is 187. The first-order valence-corrected chi connectivity index (χ1v) is 7.22. The van der Waals surface area contributed by atoms with Crippen molar-refractivity contribution in [2.45, 2.75) is 45.6 Å². The average molecular weight is 242 g/mol. The minimum absolute atomic E-state index is 0.812. The van der Waals surface area contributed by atoms with Gasteiger partial charge in [0.15, 0.2) is 0 Å². The molecule has 0 saturated heterocycles. The number of nitrogens with one attached hydrogen (secondary N) is 1. The van der Waals surface area contributed by atoms with E-state index in [1.807, 2.05) is 6.92 Å². The van der Waals surface area contributed by atoms with Crippen molar-refractivity contribution in [2.75, 3.05) is 39.9 Å². The van der Waals surface area contributed by atoms with Crippen molar-refractivity contribution in [3.05, 3.63) is 0 Å². The lowest BCUT2D eigenvalue weighted by Crippen LogP contribution is -2.40. The van der Waals surface area contributed by atoms with Gasteiger partial charge in [0.1, 0.15) is 0 Å². The predicted molar refractivity (Wildman–Crippen MR) is 73.4 cm³/mol. The summed E-state index contributed by atoms with van der Waals surface area (Å²) >= 11 is 0. The highest BCUT2D eigenvalue weighted by atomic mass is 16.5. The van der Waals surface area contributed by atoms with E-state index in [1.54, 1.807) is 0 Å². The normalized spacial score (nSPS) is 25.4. The van der Waals surface area contributed by atoms with E-state index in [9.17, 15) is 0 Å². The Kier molecular flexibility index (Phi) is 7.82. The van der Waals surface area contributed by atoms with Gasteiger partial charge in [0.2, 0.25) is 0 Å². The molecule has 1 N–H and O–H groups in total. The van der Waals surface area contributed by atoms with Crippen LogP contribution in [0.25, 0.3) is 0 Å². The summed E-state index contributed by atoms with van der Waals surface area (Å²) in [5.74, 6) is 0.919. The molecule has 0 radical (unpaired) electrons. The van der Waals surface area contributed by atoms with Gasteiger partial charge in [0.05, 0.1) is 6.61 Å². The van der Waals surface area contributed by atoms with Crippen LogP contribution in [0.15, 0.2) is 0 Å². The fourth-order valence-electron chi connectivity index (χ4n) is 2.65. The SMILES string of the molecule is CCOCCNCCN(C)C1CCCC(C)C1. The van der Waals surface area contributed by atoms with Crippen molar-refractivity contribution in [1.29, 1.82) is 0 Å². The van der Waals surface area contributed by atoms with Gasteiger partial charge >= 0.3 is 0 Å². The maximum absolute atomic E-state index is 5.29. The van der Waals surface area contributed by atoms with Crippen LogP contribution in [0.2, 0.25) is 0 Å². The van der Waals surface area contributed by atoms with Gasteiger partial charge in [-0.25, -0.2) is 0 Å². The summed E-state index contributed by atoms with van der Waals surface area (Å²) in [7, 11) is 2.27. The first-order chi connectivity index (χ1) is 8.24. The van der Waals surface area contributed by atoms with Gasteiger partial charge in [-0.15, -0.1) is 0 Å². The summed E-state index contributed by atoms with van der Waals surface area (Å²) in [4.78, 5) is 2.53. The first-order valence-electron chi connectivity index (χ1n) is 7.22. The minimum Gasteiger partial charge on any atom is -0.380 e. The largest absolute Gasteiger partial charge is 0.380 e. The summed E-state index contributed by atoms with van der Waals surface area (Å²) in [5, 5.41) is 3.43. The monoisotopic (exact) mass is 242 g/mol. The molecule has 1 fully saturated rings. The van der Waals surface area contributed by atoms with Crippen LogP contribution in [0, 0.1) is 5.92 Å². The molecule has 2 atom stereocenters. The van der Waals surface area contributed by atoms with Crippen molar-refractivity contribution < 1.29 is 4.74 Å². The number of nitrogens with zero attached hydrogens (tertiary/aromatic N) is 1. The van der Waals surface area contributed by atoms with Crippen LogP contribution in [-0.2, 0) is 4.74 Å². The van der Waals surface area contributed by atoms with Gasteiger partial charge in [-0.05, 0) is 32.7 Å². The highest BCUT2D eigenvalue weighted by Crippen LogP contribution is 2.26. The molecule has 1 saturated carbocycles. The molecular weight excluding hydrogens is 212 g/mol. The summed E-state index contributed by atoms with van der Waals surface area (Å²) in [6.45, 7) is 9.29. The second-order valence-electron chi connectivity index (χ2n) is 5.35. The Morgan fingerprint density at radius 3 is 2.82 bits per heavy atom. The quantitative estimate of drug-likeness (QED) is 0.660. The molecule has 2 unspecified atom stereocenters. The van der Waals surface area contributed by atoms with Gasteiger partial charge in [0, 0.05) is 32.3 Å². The van der Waals surface area contributed by atoms with E-state index in [0.717, 1.165) is 44.8 Å². The van der Waals surface area contributed by atoms with Crippen LogP contribution in [0.1, 0.15) is 39.5 Å². The Balaban J connectivity index is 2.02. The third-order valence-corrected chi connectivity index (χ3v) is 3.80. The van der Waals surface area contributed by atoms with E-state index in [1.165, 1.54) is 25.7 Å². The zero-order chi connectivity index (χ0) is 12.5. The zero-order valence-corrected chi connectivity index (χ0v) is 11.9. The van der Waals surface area contributed by atoms with Crippen LogP contribution in [-0.4, -0.2) is 50.8 Å². The summed E-state index contributed by atoms with van der Waals surface area (Å²) in [6.07, 6.45) is 5.61. The fourth-order valence-corrected chi connectivity index (χ4v) is 2.65. The van der Waals surface area contributed by atoms with Crippen LogP contribution in [0.5, 0.6) is 0 Å². The molecule has 1 rings (SSSR count). The van der Waals surface area contributed by atoms with Crippen molar-refractivity contribution in [2.24, 2.45) is 5.92 Å². The number of likely N-dealkylation sites (N-methyl/N-ethyl adjacent to an activating group) is 1. The highest BCUT2D eigenvalue weighted by molar-refractivity contribution is 4.77. The molecule has 0 amide bonds. The molecule has 0 aromatic heterocycles. The maximum atomic E-state index is 5.29. The van der Waals surface area contributed by atoms with Crippen LogP contribution in [0.3, 0.4) is 0 Å². The van der Waals surface area contributed by atoms with E-state index in [-0.39, 0.29) is 0 Å². The molecule has 0 aliphatic heterocycles. The lowest BCUT2D eigenvalue weighted by Gasteiger charge is -2.34. The molecule has 0 spiro atoms. The molecule has 1 aliphatic carbocycles. The number of hydrogen-bond donors (Lipinski definition) is 1. The molecule has 0 aromatic carbocycles. The molecule has 1 aliphatic rings. The molecular formula is C14H30N2O. The average Bonchev–Trinajstić information content (AvgIpc) is 2.33. The lowest BCUT2D eigenvalue weighted by atomic mass is 9.86. The summed E-state index contributed by atoms with van der Waals surface area (Å²) in [6, 6.07) is 0.812. The Hall–Kier alpha value is -0.120. The van der Waals surface area contributed by atoms with Crippen LogP contribution < -0.4 is 5.32 Å². The van der Waals surface area contributed by atoms with E-state index in [2.05, 4.69) is 24.2 Å². The summed E-state index contributed by atoms with van der Waals surface area (Å²) < 4.78 is 5.29. The molecule has 3 nitrogen and oxygen atoms in total. The third-order valence-electron chi connectivity index (χ3n) is 3.80. The van der Waals surface area contributed by atoms with Crippen LogP contribution in [0.4, 0.5) is 0 Å². The lowest BCUT2D eigenvalue weighted by molar-refractivity contribution is 0.143. The fraction of sp³-hybridized carbons (Fsp3) is 1.00. The summed E-state index contributed by atoms with van der Waals surface area (Å²) in [5.41, 5.74) is 0. The Labute approximate surface area is 107 Å². The van der Waals surface area contributed by atoms with Gasteiger partial charge in [-0.2, -0.15) is 0 Å². The van der Waals surface area contributed by atoms with Crippen molar-refractivity contribution in [3.63, 3.8) is 0 Å². The highest BCUT2D eigenvalue weighted by Gasteiger charge is 2.21. The van der Waals surface area contributed by atoms with Crippen molar-refractivity contribution in [3.8, 4) is 0 Å². The van der Waals surface area contributed by atoms with Gasteiger partial charge in [-0.1, -0.05) is 19.8 Å². The van der Waals surface area contributed by atoms with Crippen LogP contribution >= 0.6 is 0 Å². The number of rotatable bonds is 8. The Morgan fingerprint density at radius 1 is 1.29 bits per heavy atom. The smallest absolute Gasteiger partial charge is 0.0590 e. The van der Waals surface area contributed by atoms with Gasteiger partial charge in [0.25, 0.3) is 0 Å². The zero-order valence-electron chi connectivity index (χ0n) is 11.9. The van der Waals surface area contributed by atoms with Crippen molar-refractivity contribution >= 4 is 0 Å². The predicted octanol–water partition coefficient (Wildman–Crippen LogP) is 2.12. The van der Waals surface area contributed by atoms with Gasteiger partial charge < -0.3 is 15.0 Å². The maximum Gasteiger partial charge on any atom is 0.0590 e. The Morgan fingerprint density at radius 2 is 2.12 bits per heavy atom. The van der Waals surface area contributed by atoms with Crippen molar-refractivity contribution in [1.82, 2.24) is 10.2 Å². The molecule has 0 bridgehead atoms. The van der Waals surface area contributed by atoms with E-state index in [0.29, 0.717) is 0 Å². The molecule has 0 heterocycles. The van der Waals surface area contributed by atoms with E-state index >= 15 is 0 Å². The number of hydrogen-bond acceptors (Lipinski definition) is 3. The number of ether oxygens (including phenoxy) is 1. The minimum atomic E-state index is 0.812. The first kappa shape index (κ1) is 14.9. The standard InChI is InChI=1S/C14H30N2O/c1-4-17-11-9-15-8-10-16(3)14-7-5-6-13(2)12-14/h13-15H,4-12H2,1-3H3. The van der Waals surface area contributed by atoms with E-state index in [4.69, 9.17) is 4.74 Å². The van der Waals surface area contributed by atoms with Gasteiger partial charge in [-0.3, -0.25) is 0 Å². The third kappa shape index (κ3) is 6.39. The molecule has 17 heavy (non-hydrogen) atoms. The second kappa shape index (κ2) is 8.90. The molecule has 0 aromatic rings. The molecule has 102 valence electrons. The van der Waals surface area contributed by atoms with E-state index < -0.39 is 0 Å². The molecule has 3 heteroatoms. The second-order valence-corrected chi connectivity index (χ2v) is 5.35. The topological polar surface area (TPSA) is 24.5 Å².